The number of hydrogen-bond donors (Lipinski definition) is 2. The molecule has 2 N–H and O–H groups in total. The fraction of sp³-hybridized carbons (Fsp3) is 0.316. The molecule has 0 fully saturated rings. The van der Waals surface area contributed by atoms with E-state index >= 15 is 0 Å². The molecule has 0 saturated carbocycles. The number of amides is 1. The minimum atomic E-state index is -3.63. The van der Waals surface area contributed by atoms with Crippen molar-refractivity contribution >= 4 is 44.6 Å². The molecule has 0 radical (unpaired) electrons. The molecule has 0 spiro atoms. The zero-order valence-electron chi connectivity index (χ0n) is 16.2. The van der Waals surface area contributed by atoms with E-state index in [2.05, 4.69) is 10.6 Å². The third-order valence-corrected chi connectivity index (χ3v) is 6.13. The van der Waals surface area contributed by atoms with Gasteiger partial charge in [0.1, 0.15) is 4.90 Å². The van der Waals surface area contributed by atoms with Gasteiger partial charge < -0.3 is 20.1 Å². The molecular formula is C19H22Cl2N2O5S. The average Bonchev–Trinajstić information content (AvgIpc) is 2.67. The molecule has 2 aromatic carbocycles. The lowest BCUT2D eigenvalue weighted by molar-refractivity contribution is -0.119. The smallest absolute Gasteiger partial charge is 0.239 e. The summed E-state index contributed by atoms with van der Waals surface area (Å²) in [6.45, 7) is 0.280. The summed E-state index contributed by atoms with van der Waals surface area (Å²) in [5, 5.41) is 5.61. The van der Waals surface area contributed by atoms with Crippen molar-refractivity contribution in [1.29, 1.82) is 0 Å². The summed E-state index contributed by atoms with van der Waals surface area (Å²) in [5.41, 5.74) is 1.19. The van der Waals surface area contributed by atoms with Gasteiger partial charge in [-0.15, -0.1) is 0 Å². The number of carbonyl (C=O) groups is 1. The maximum atomic E-state index is 12.1. The molecule has 2 rings (SSSR count). The molecule has 0 aromatic heterocycles. The molecular weight excluding hydrogens is 439 g/mol. The predicted molar refractivity (Wildman–Crippen MR) is 114 cm³/mol. The predicted octanol–water partition coefficient (Wildman–Crippen LogP) is 3.18. The summed E-state index contributed by atoms with van der Waals surface area (Å²) >= 11 is 11.9. The number of hydrogen-bond acceptors (Lipinski definition) is 6. The fourth-order valence-corrected chi connectivity index (χ4v) is 4.43. The minimum Gasteiger partial charge on any atom is -0.493 e. The summed E-state index contributed by atoms with van der Waals surface area (Å²) < 4.78 is 34.4. The Kier molecular flexibility index (Phi) is 8.01. The highest BCUT2D eigenvalue weighted by atomic mass is 35.5. The second-order valence-corrected chi connectivity index (χ2v) is 8.89. The highest BCUT2D eigenvalue weighted by Crippen LogP contribution is 2.35. The Morgan fingerprint density at radius 2 is 1.76 bits per heavy atom. The number of anilines is 1. The van der Waals surface area contributed by atoms with Gasteiger partial charge in [0, 0.05) is 12.8 Å². The van der Waals surface area contributed by atoms with Crippen molar-refractivity contribution in [3.63, 3.8) is 0 Å². The topological polar surface area (TPSA) is 93.7 Å². The van der Waals surface area contributed by atoms with E-state index in [9.17, 15) is 13.2 Å². The number of rotatable bonds is 9. The zero-order valence-corrected chi connectivity index (χ0v) is 18.5. The van der Waals surface area contributed by atoms with Gasteiger partial charge in [-0.05, 0) is 36.2 Å². The number of carbonyl (C=O) groups excluding carboxylic acids is 1. The molecule has 7 nitrogen and oxygen atoms in total. The van der Waals surface area contributed by atoms with E-state index in [1.165, 1.54) is 12.1 Å². The summed E-state index contributed by atoms with van der Waals surface area (Å²) in [6, 6.07) is 8.48. The van der Waals surface area contributed by atoms with E-state index in [-0.39, 0.29) is 33.1 Å². The molecule has 0 unspecified atom stereocenters. The largest absolute Gasteiger partial charge is 0.493 e. The van der Waals surface area contributed by atoms with Crippen molar-refractivity contribution in [2.45, 2.75) is 11.3 Å². The SMILES string of the molecule is COc1ccc(CCNC(=O)CNc2ccc(Cl)c(Cl)c2S(C)(=O)=O)cc1OC. The molecule has 2 aromatic rings. The van der Waals surface area contributed by atoms with Crippen molar-refractivity contribution in [1.82, 2.24) is 5.32 Å². The maximum absolute atomic E-state index is 12.1. The van der Waals surface area contributed by atoms with Gasteiger partial charge in [0.25, 0.3) is 0 Å². The average molecular weight is 461 g/mol. The molecule has 0 bridgehead atoms. The van der Waals surface area contributed by atoms with Crippen molar-refractivity contribution in [2.24, 2.45) is 0 Å². The summed E-state index contributed by atoms with van der Waals surface area (Å²) in [6.07, 6.45) is 1.62. The van der Waals surface area contributed by atoms with Crippen LogP contribution in [0.2, 0.25) is 10.0 Å². The van der Waals surface area contributed by atoms with Crippen LogP contribution in [0.25, 0.3) is 0 Å². The van der Waals surface area contributed by atoms with Crippen molar-refractivity contribution in [2.75, 3.05) is 38.9 Å². The highest BCUT2D eigenvalue weighted by Gasteiger charge is 2.20. The fourth-order valence-electron chi connectivity index (χ4n) is 2.65. The van der Waals surface area contributed by atoms with Crippen molar-refractivity contribution < 1.29 is 22.7 Å². The molecule has 1 amide bonds. The first-order valence-corrected chi connectivity index (χ1v) is 11.2. The quantitative estimate of drug-likeness (QED) is 0.596. The van der Waals surface area contributed by atoms with Crippen LogP contribution in [-0.4, -0.2) is 47.9 Å². The van der Waals surface area contributed by atoms with Gasteiger partial charge in [0.15, 0.2) is 21.3 Å². The van der Waals surface area contributed by atoms with E-state index in [4.69, 9.17) is 32.7 Å². The molecule has 0 aliphatic carbocycles. The number of benzene rings is 2. The summed E-state index contributed by atoms with van der Waals surface area (Å²) in [4.78, 5) is 12.0. The van der Waals surface area contributed by atoms with Gasteiger partial charge in [-0.2, -0.15) is 0 Å². The maximum Gasteiger partial charge on any atom is 0.239 e. The molecule has 10 heteroatoms. The van der Waals surface area contributed by atoms with Crippen LogP contribution < -0.4 is 20.1 Å². The number of methoxy groups -OCH3 is 2. The van der Waals surface area contributed by atoms with Gasteiger partial charge >= 0.3 is 0 Å². The number of nitrogens with one attached hydrogen (secondary N) is 2. The standard InChI is InChI=1S/C19H22Cl2N2O5S/c1-27-15-7-4-12(10-16(15)28-2)8-9-22-17(24)11-23-14-6-5-13(20)18(21)19(14)29(3,25)26/h4-7,10,23H,8-9,11H2,1-3H3,(H,22,24). The summed E-state index contributed by atoms with van der Waals surface area (Å²) in [5.74, 6) is 0.953. The van der Waals surface area contributed by atoms with Gasteiger partial charge in [-0.3, -0.25) is 4.79 Å². The van der Waals surface area contributed by atoms with Crippen LogP contribution >= 0.6 is 23.2 Å². The molecule has 0 aliphatic heterocycles. The van der Waals surface area contributed by atoms with Crippen LogP contribution in [0.15, 0.2) is 35.2 Å². The van der Waals surface area contributed by atoms with E-state index in [0.29, 0.717) is 24.5 Å². The van der Waals surface area contributed by atoms with E-state index < -0.39 is 9.84 Å². The molecule has 0 saturated heterocycles. The van der Waals surface area contributed by atoms with Gasteiger partial charge in [0.2, 0.25) is 5.91 Å². The van der Waals surface area contributed by atoms with E-state index in [1.54, 1.807) is 20.3 Å². The van der Waals surface area contributed by atoms with E-state index in [0.717, 1.165) is 11.8 Å². The first-order valence-electron chi connectivity index (χ1n) is 8.57. The first kappa shape index (κ1) is 23.1. The van der Waals surface area contributed by atoms with Crippen LogP contribution in [0, 0.1) is 0 Å². The highest BCUT2D eigenvalue weighted by molar-refractivity contribution is 7.91. The normalized spacial score (nSPS) is 11.1. The van der Waals surface area contributed by atoms with Crippen LogP contribution in [-0.2, 0) is 21.1 Å². The van der Waals surface area contributed by atoms with Crippen LogP contribution in [0.4, 0.5) is 5.69 Å². The van der Waals surface area contributed by atoms with Crippen molar-refractivity contribution in [3.8, 4) is 11.5 Å². The zero-order chi connectivity index (χ0) is 21.6. The third kappa shape index (κ3) is 6.16. The Bertz CT molecular complexity index is 996. The Morgan fingerprint density at radius 3 is 2.38 bits per heavy atom. The lowest BCUT2D eigenvalue weighted by atomic mass is 10.1. The molecule has 158 valence electrons. The second-order valence-electron chi connectivity index (χ2n) is 6.15. The van der Waals surface area contributed by atoms with Crippen LogP contribution in [0.1, 0.15) is 5.56 Å². The monoisotopic (exact) mass is 460 g/mol. The third-order valence-electron chi connectivity index (χ3n) is 4.04. The molecule has 0 heterocycles. The molecule has 0 aliphatic rings. The Hall–Kier alpha value is -2.16. The van der Waals surface area contributed by atoms with Crippen LogP contribution in [0.3, 0.4) is 0 Å². The number of ether oxygens (including phenoxy) is 2. The Morgan fingerprint density at radius 1 is 1.07 bits per heavy atom. The molecule has 29 heavy (non-hydrogen) atoms. The van der Waals surface area contributed by atoms with Gasteiger partial charge in [0.05, 0.1) is 36.5 Å². The lowest BCUT2D eigenvalue weighted by Gasteiger charge is -2.13. The summed E-state index contributed by atoms with van der Waals surface area (Å²) in [7, 11) is -0.511. The first-order chi connectivity index (χ1) is 13.7. The number of halogens is 2. The second kappa shape index (κ2) is 10.0. The lowest BCUT2D eigenvalue weighted by Crippen LogP contribution is -2.31. The molecule has 0 atom stereocenters. The number of sulfone groups is 1. The van der Waals surface area contributed by atoms with E-state index in [1.807, 2.05) is 12.1 Å². The van der Waals surface area contributed by atoms with Crippen molar-refractivity contribution in [3.05, 3.63) is 45.9 Å². The van der Waals surface area contributed by atoms with Gasteiger partial charge in [-0.25, -0.2) is 8.42 Å². The Balaban J connectivity index is 1.94. The Labute approximate surface area is 180 Å². The van der Waals surface area contributed by atoms with Crippen LogP contribution in [0.5, 0.6) is 11.5 Å². The van der Waals surface area contributed by atoms with Gasteiger partial charge in [-0.1, -0.05) is 29.3 Å². The minimum absolute atomic E-state index is 0.0759.